The van der Waals surface area contributed by atoms with Crippen molar-refractivity contribution in [3.63, 3.8) is 0 Å². The molecule has 0 saturated heterocycles. The largest absolute Gasteiger partial charge is 0.492 e. The Morgan fingerprint density at radius 3 is 2.37 bits per heavy atom. The van der Waals surface area contributed by atoms with E-state index in [-0.39, 0.29) is 0 Å². The van der Waals surface area contributed by atoms with Crippen molar-refractivity contribution in [2.24, 2.45) is 0 Å². The van der Waals surface area contributed by atoms with Gasteiger partial charge in [-0.1, -0.05) is 31.5 Å². The normalized spacial score (nSPS) is 10.7. The third kappa shape index (κ3) is 6.60. The molecule has 0 aliphatic rings. The quantitative estimate of drug-likeness (QED) is 0.659. The molecular weight excluding hydrogens is 238 g/mol. The monoisotopic (exact) mass is 265 g/mol. The fourth-order valence-corrected chi connectivity index (χ4v) is 1.87. The van der Waals surface area contributed by atoms with E-state index in [1.54, 1.807) is 0 Å². The lowest BCUT2D eigenvalue weighted by Gasteiger charge is -2.12. The first-order chi connectivity index (χ1) is 9.25. The maximum atomic E-state index is 5.81. The number of aryl methyl sites for hydroxylation is 2. The molecule has 0 aliphatic heterocycles. The molecule has 0 saturated carbocycles. The van der Waals surface area contributed by atoms with E-state index in [9.17, 15) is 0 Å². The summed E-state index contributed by atoms with van der Waals surface area (Å²) < 4.78 is 11.3. The van der Waals surface area contributed by atoms with Crippen molar-refractivity contribution in [1.29, 1.82) is 0 Å². The summed E-state index contributed by atoms with van der Waals surface area (Å²) in [7, 11) is 0. The first kappa shape index (κ1) is 16.0. The summed E-state index contributed by atoms with van der Waals surface area (Å²) in [5.41, 5.74) is 2.39. The van der Waals surface area contributed by atoms with Crippen molar-refractivity contribution in [2.75, 3.05) is 32.9 Å². The van der Waals surface area contributed by atoms with Gasteiger partial charge >= 0.3 is 0 Å². The zero-order valence-corrected chi connectivity index (χ0v) is 12.5. The Morgan fingerprint density at radius 1 is 1.00 bits per heavy atom. The molecule has 3 heteroatoms. The van der Waals surface area contributed by atoms with Gasteiger partial charge < -0.3 is 14.8 Å². The molecule has 108 valence electrons. The molecule has 1 aromatic rings. The van der Waals surface area contributed by atoms with Crippen LogP contribution >= 0.6 is 0 Å². The Labute approximate surface area is 117 Å². The van der Waals surface area contributed by atoms with Gasteiger partial charge in [-0.2, -0.15) is 0 Å². The maximum Gasteiger partial charge on any atom is 0.125 e. The van der Waals surface area contributed by atoms with Gasteiger partial charge in [0.15, 0.2) is 0 Å². The number of benzene rings is 1. The van der Waals surface area contributed by atoms with Gasteiger partial charge in [0.2, 0.25) is 0 Å². The van der Waals surface area contributed by atoms with Crippen molar-refractivity contribution >= 4 is 0 Å². The molecule has 0 unspecified atom stereocenters. The van der Waals surface area contributed by atoms with Crippen LogP contribution in [0.25, 0.3) is 0 Å². The fourth-order valence-electron chi connectivity index (χ4n) is 1.87. The van der Waals surface area contributed by atoms with Gasteiger partial charge in [-0.3, -0.25) is 0 Å². The number of hydrogen-bond donors (Lipinski definition) is 1. The zero-order chi connectivity index (χ0) is 13.9. The number of rotatable bonds is 10. The van der Waals surface area contributed by atoms with Crippen LogP contribution in [0.2, 0.25) is 0 Å². The summed E-state index contributed by atoms with van der Waals surface area (Å²) in [4.78, 5) is 0. The third-order valence-electron chi connectivity index (χ3n) is 3.00. The third-order valence-corrected chi connectivity index (χ3v) is 3.00. The van der Waals surface area contributed by atoms with Gasteiger partial charge in [0, 0.05) is 19.7 Å². The molecule has 0 atom stereocenters. The Balaban J connectivity index is 2.05. The second-order valence-corrected chi connectivity index (χ2v) is 4.79. The highest BCUT2D eigenvalue weighted by Crippen LogP contribution is 2.21. The molecule has 0 aromatic heterocycles. The van der Waals surface area contributed by atoms with Gasteiger partial charge in [0.1, 0.15) is 12.4 Å². The van der Waals surface area contributed by atoms with Crippen LogP contribution in [0.4, 0.5) is 0 Å². The van der Waals surface area contributed by atoms with Crippen molar-refractivity contribution in [2.45, 2.75) is 33.6 Å². The molecule has 3 nitrogen and oxygen atoms in total. The van der Waals surface area contributed by atoms with E-state index in [0.29, 0.717) is 6.61 Å². The van der Waals surface area contributed by atoms with Gasteiger partial charge in [-0.05, 0) is 31.4 Å². The first-order valence-electron chi connectivity index (χ1n) is 7.23. The second-order valence-electron chi connectivity index (χ2n) is 4.79. The summed E-state index contributed by atoms with van der Waals surface area (Å²) in [6, 6.07) is 6.22. The molecule has 19 heavy (non-hydrogen) atoms. The lowest BCUT2D eigenvalue weighted by Crippen LogP contribution is -2.25. The van der Waals surface area contributed by atoms with Crippen LogP contribution < -0.4 is 10.1 Å². The van der Waals surface area contributed by atoms with E-state index < -0.39 is 0 Å². The highest BCUT2D eigenvalue weighted by molar-refractivity contribution is 5.39. The molecule has 0 heterocycles. The number of hydrogen-bond acceptors (Lipinski definition) is 3. The molecule has 0 aliphatic carbocycles. The van der Waals surface area contributed by atoms with Crippen LogP contribution in [0.5, 0.6) is 5.75 Å². The molecule has 0 fully saturated rings. The van der Waals surface area contributed by atoms with Crippen molar-refractivity contribution in [1.82, 2.24) is 5.32 Å². The predicted octanol–water partition coefficient (Wildman–Crippen LogP) is 3.09. The lowest BCUT2D eigenvalue weighted by molar-refractivity contribution is 0.132. The molecule has 0 amide bonds. The van der Waals surface area contributed by atoms with Gasteiger partial charge in [-0.15, -0.1) is 0 Å². The van der Waals surface area contributed by atoms with Crippen LogP contribution in [0, 0.1) is 13.8 Å². The average molecular weight is 265 g/mol. The Hall–Kier alpha value is -1.06. The van der Waals surface area contributed by atoms with E-state index >= 15 is 0 Å². The van der Waals surface area contributed by atoms with E-state index in [1.165, 1.54) is 17.5 Å². The molecule has 0 bridgehead atoms. The number of nitrogens with one attached hydrogen (secondary N) is 1. The van der Waals surface area contributed by atoms with Crippen LogP contribution in [-0.4, -0.2) is 32.9 Å². The summed E-state index contributed by atoms with van der Waals surface area (Å²) in [6.45, 7) is 10.4. The fraction of sp³-hybridized carbons (Fsp3) is 0.625. The SMILES string of the molecule is CCCCOCCNCCOc1c(C)cccc1C. The molecule has 0 radical (unpaired) electrons. The van der Waals surface area contributed by atoms with E-state index in [1.807, 2.05) is 0 Å². The zero-order valence-electron chi connectivity index (χ0n) is 12.5. The Bertz CT molecular complexity index is 332. The minimum absolute atomic E-state index is 0.695. The molecule has 1 aromatic carbocycles. The smallest absolute Gasteiger partial charge is 0.125 e. The summed E-state index contributed by atoms with van der Waals surface area (Å²) in [6.07, 6.45) is 2.34. The lowest BCUT2D eigenvalue weighted by atomic mass is 10.1. The Kier molecular flexibility index (Phi) is 8.26. The standard InChI is InChI=1S/C16H27NO2/c1-4-5-11-18-12-9-17-10-13-19-16-14(2)7-6-8-15(16)3/h6-8,17H,4-5,9-13H2,1-3H3. The van der Waals surface area contributed by atoms with Gasteiger partial charge in [0.05, 0.1) is 6.61 Å². The van der Waals surface area contributed by atoms with E-state index in [4.69, 9.17) is 9.47 Å². The van der Waals surface area contributed by atoms with Gasteiger partial charge in [-0.25, -0.2) is 0 Å². The van der Waals surface area contributed by atoms with Crippen LogP contribution in [0.15, 0.2) is 18.2 Å². The van der Waals surface area contributed by atoms with Gasteiger partial charge in [0.25, 0.3) is 0 Å². The first-order valence-corrected chi connectivity index (χ1v) is 7.23. The van der Waals surface area contributed by atoms with E-state index in [0.717, 1.165) is 38.5 Å². The molecule has 0 spiro atoms. The minimum atomic E-state index is 0.695. The molecular formula is C16H27NO2. The van der Waals surface area contributed by atoms with E-state index in [2.05, 4.69) is 44.3 Å². The number of unbranched alkanes of at least 4 members (excludes halogenated alkanes) is 1. The number of para-hydroxylation sites is 1. The molecule has 1 N–H and O–H groups in total. The van der Waals surface area contributed by atoms with Crippen molar-refractivity contribution in [3.8, 4) is 5.75 Å². The Morgan fingerprint density at radius 2 is 1.68 bits per heavy atom. The molecule has 1 rings (SSSR count). The van der Waals surface area contributed by atoms with Crippen LogP contribution in [-0.2, 0) is 4.74 Å². The second kappa shape index (κ2) is 9.82. The summed E-state index contributed by atoms with van der Waals surface area (Å²) >= 11 is 0. The highest BCUT2D eigenvalue weighted by atomic mass is 16.5. The average Bonchev–Trinajstić information content (AvgIpc) is 2.40. The van der Waals surface area contributed by atoms with Crippen LogP contribution in [0.1, 0.15) is 30.9 Å². The summed E-state index contributed by atoms with van der Waals surface area (Å²) in [5, 5.41) is 3.32. The predicted molar refractivity (Wildman–Crippen MR) is 80.0 cm³/mol. The van der Waals surface area contributed by atoms with Crippen molar-refractivity contribution in [3.05, 3.63) is 29.3 Å². The number of ether oxygens (including phenoxy) is 2. The topological polar surface area (TPSA) is 30.5 Å². The maximum absolute atomic E-state index is 5.81. The summed E-state index contributed by atoms with van der Waals surface area (Å²) in [5.74, 6) is 1.02. The van der Waals surface area contributed by atoms with Crippen LogP contribution in [0.3, 0.4) is 0 Å². The van der Waals surface area contributed by atoms with Crippen molar-refractivity contribution < 1.29 is 9.47 Å². The highest BCUT2D eigenvalue weighted by Gasteiger charge is 2.02. The minimum Gasteiger partial charge on any atom is -0.492 e.